The summed E-state index contributed by atoms with van der Waals surface area (Å²) in [5, 5.41) is 9.71. The van der Waals surface area contributed by atoms with Crippen LogP contribution >= 0.6 is 0 Å². The molecule has 0 radical (unpaired) electrons. The zero-order chi connectivity index (χ0) is 15.8. The van der Waals surface area contributed by atoms with Gasteiger partial charge in [0, 0.05) is 17.3 Å². The molecule has 0 spiro atoms. The molecule has 2 aromatic heterocycles. The molecule has 0 saturated heterocycles. The Bertz CT molecular complexity index is 1000. The molecule has 0 saturated carbocycles. The third kappa shape index (κ3) is 2.34. The van der Waals surface area contributed by atoms with Crippen LogP contribution in [0.2, 0.25) is 0 Å². The zero-order valence-corrected chi connectivity index (χ0v) is 12.6. The molecule has 0 aliphatic carbocycles. The Morgan fingerprint density at radius 1 is 0.957 bits per heavy atom. The molecule has 0 unspecified atom stereocenters. The Morgan fingerprint density at radius 3 is 2.65 bits per heavy atom. The first-order valence-corrected chi connectivity index (χ1v) is 7.41. The smallest absolute Gasteiger partial charge is 0.155 e. The predicted molar refractivity (Wildman–Crippen MR) is 90.3 cm³/mol. The van der Waals surface area contributed by atoms with Crippen molar-refractivity contribution in [2.45, 2.75) is 6.92 Å². The van der Waals surface area contributed by atoms with Gasteiger partial charge in [-0.2, -0.15) is 0 Å². The van der Waals surface area contributed by atoms with E-state index in [0.29, 0.717) is 0 Å². The van der Waals surface area contributed by atoms with Crippen molar-refractivity contribution >= 4 is 5.65 Å². The van der Waals surface area contributed by atoms with E-state index < -0.39 is 0 Å². The average molecular weight is 301 g/mol. The molecule has 4 nitrogen and oxygen atoms in total. The summed E-state index contributed by atoms with van der Waals surface area (Å²) in [6.07, 6.45) is 5.56. The fourth-order valence-corrected chi connectivity index (χ4v) is 2.77. The lowest BCUT2D eigenvalue weighted by Crippen LogP contribution is -1.94. The Morgan fingerprint density at radius 2 is 1.83 bits per heavy atom. The van der Waals surface area contributed by atoms with E-state index in [9.17, 15) is 5.11 Å². The van der Waals surface area contributed by atoms with Crippen LogP contribution in [0.4, 0.5) is 0 Å². The first kappa shape index (κ1) is 13.5. The quantitative estimate of drug-likeness (QED) is 0.607. The topological polar surface area (TPSA) is 50.4 Å². The molecular formula is C19H15N3O. The number of aryl methyl sites for hydroxylation is 1. The summed E-state index contributed by atoms with van der Waals surface area (Å²) in [6, 6.07) is 15.3. The molecule has 0 aliphatic rings. The zero-order valence-electron chi connectivity index (χ0n) is 12.6. The van der Waals surface area contributed by atoms with Gasteiger partial charge in [0.1, 0.15) is 5.75 Å². The minimum atomic E-state index is 0.241. The number of phenolic OH excluding ortho intramolecular Hbond substituents is 1. The number of fused-ring (bicyclic) bond motifs is 1. The number of phenols is 1. The Hall–Kier alpha value is -3.14. The number of benzene rings is 2. The maximum Gasteiger partial charge on any atom is 0.155 e. The van der Waals surface area contributed by atoms with Crippen LogP contribution in [0.5, 0.6) is 5.75 Å². The monoisotopic (exact) mass is 301 g/mol. The minimum Gasteiger partial charge on any atom is -0.508 e. The molecule has 4 aromatic rings. The van der Waals surface area contributed by atoms with Crippen LogP contribution in [0, 0.1) is 6.92 Å². The molecule has 112 valence electrons. The fraction of sp³-hybridized carbons (Fsp3) is 0.0526. The highest BCUT2D eigenvalue weighted by molar-refractivity contribution is 5.68. The number of nitrogens with zero attached hydrogens (tertiary/aromatic N) is 3. The lowest BCUT2D eigenvalue weighted by molar-refractivity contribution is 0.475. The first-order valence-electron chi connectivity index (χ1n) is 7.41. The van der Waals surface area contributed by atoms with E-state index in [2.05, 4.69) is 29.0 Å². The molecule has 0 amide bonds. The molecule has 2 heterocycles. The lowest BCUT2D eigenvalue weighted by Gasteiger charge is -2.07. The van der Waals surface area contributed by atoms with Crippen molar-refractivity contribution in [2.75, 3.05) is 0 Å². The van der Waals surface area contributed by atoms with Gasteiger partial charge >= 0.3 is 0 Å². The van der Waals surface area contributed by atoms with Gasteiger partial charge in [0.15, 0.2) is 5.65 Å². The second-order valence-corrected chi connectivity index (χ2v) is 5.51. The Kier molecular flexibility index (Phi) is 3.08. The van der Waals surface area contributed by atoms with Crippen molar-refractivity contribution in [3.05, 3.63) is 72.7 Å². The number of imidazole rings is 1. The van der Waals surface area contributed by atoms with Gasteiger partial charge in [-0.25, -0.2) is 4.98 Å². The van der Waals surface area contributed by atoms with Gasteiger partial charge in [-0.05, 0) is 24.6 Å². The third-order valence-corrected chi connectivity index (χ3v) is 3.96. The summed E-state index contributed by atoms with van der Waals surface area (Å²) in [5.41, 5.74) is 5.80. The second-order valence-electron chi connectivity index (χ2n) is 5.51. The number of hydrogen-bond donors (Lipinski definition) is 1. The van der Waals surface area contributed by atoms with E-state index in [1.165, 1.54) is 5.56 Å². The van der Waals surface area contributed by atoms with E-state index in [-0.39, 0.29) is 5.75 Å². The molecule has 23 heavy (non-hydrogen) atoms. The third-order valence-electron chi connectivity index (χ3n) is 3.96. The van der Waals surface area contributed by atoms with Crippen LogP contribution in [0.3, 0.4) is 0 Å². The summed E-state index contributed by atoms with van der Waals surface area (Å²) < 4.78 is 2.00. The molecule has 0 atom stereocenters. The summed E-state index contributed by atoms with van der Waals surface area (Å²) in [4.78, 5) is 8.93. The number of hydrogen-bond acceptors (Lipinski definition) is 3. The Balaban J connectivity index is 1.92. The summed E-state index contributed by atoms with van der Waals surface area (Å²) in [5.74, 6) is 0.241. The van der Waals surface area contributed by atoms with Crippen molar-refractivity contribution in [2.24, 2.45) is 0 Å². The van der Waals surface area contributed by atoms with Gasteiger partial charge in [0.2, 0.25) is 0 Å². The number of rotatable bonds is 2. The molecule has 0 aliphatic heterocycles. The minimum absolute atomic E-state index is 0.241. The van der Waals surface area contributed by atoms with E-state index in [1.807, 2.05) is 34.9 Å². The molecular weight excluding hydrogens is 286 g/mol. The van der Waals surface area contributed by atoms with Crippen LogP contribution in [0.25, 0.3) is 28.2 Å². The maximum atomic E-state index is 9.71. The standard InChI is InChI=1S/C19H15N3O/c1-13-5-2-3-8-16(13)17-12-22-18(10-21-19(22)11-20-17)14-6-4-7-15(23)9-14/h2-12,23H,1H3. The first-order chi connectivity index (χ1) is 11.2. The van der Waals surface area contributed by atoms with Gasteiger partial charge in [0.05, 0.1) is 23.8 Å². The van der Waals surface area contributed by atoms with Crippen LogP contribution in [0.1, 0.15) is 5.56 Å². The van der Waals surface area contributed by atoms with E-state index >= 15 is 0 Å². The predicted octanol–water partition coefficient (Wildman–Crippen LogP) is 4.08. The van der Waals surface area contributed by atoms with Gasteiger partial charge in [-0.3, -0.25) is 9.38 Å². The van der Waals surface area contributed by atoms with E-state index in [1.54, 1.807) is 24.5 Å². The summed E-state index contributed by atoms with van der Waals surface area (Å²) in [7, 11) is 0. The van der Waals surface area contributed by atoms with E-state index in [0.717, 1.165) is 28.2 Å². The van der Waals surface area contributed by atoms with Gasteiger partial charge < -0.3 is 5.11 Å². The van der Waals surface area contributed by atoms with Crippen molar-refractivity contribution in [3.8, 4) is 28.3 Å². The largest absolute Gasteiger partial charge is 0.508 e. The highest BCUT2D eigenvalue weighted by Crippen LogP contribution is 2.26. The normalized spacial score (nSPS) is 11.0. The van der Waals surface area contributed by atoms with Gasteiger partial charge in [-0.15, -0.1) is 0 Å². The van der Waals surface area contributed by atoms with Crippen molar-refractivity contribution in [3.63, 3.8) is 0 Å². The second kappa shape index (κ2) is 5.25. The van der Waals surface area contributed by atoms with E-state index in [4.69, 9.17) is 0 Å². The molecule has 4 heteroatoms. The average Bonchev–Trinajstić information content (AvgIpc) is 2.98. The highest BCUT2D eigenvalue weighted by atomic mass is 16.3. The van der Waals surface area contributed by atoms with Crippen LogP contribution in [-0.4, -0.2) is 19.5 Å². The highest BCUT2D eigenvalue weighted by Gasteiger charge is 2.09. The fourth-order valence-electron chi connectivity index (χ4n) is 2.77. The van der Waals surface area contributed by atoms with Crippen molar-refractivity contribution < 1.29 is 5.11 Å². The molecule has 0 fully saturated rings. The lowest BCUT2D eigenvalue weighted by atomic mass is 10.1. The van der Waals surface area contributed by atoms with Crippen molar-refractivity contribution in [1.29, 1.82) is 0 Å². The molecule has 1 N–H and O–H groups in total. The van der Waals surface area contributed by atoms with Gasteiger partial charge in [-0.1, -0.05) is 36.4 Å². The maximum absolute atomic E-state index is 9.71. The molecule has 2 aromatic carbocycles. The van der Waals surface area contributed by atoms with Crippen molar-refractivity contribution in [1.82, 2.24) is 14.4 Å². The van der Waals surface area contributed by atoms with Gasteiger partial charge in [0.25, 0.3) is 0 Å². The number of aromatic nitrogens is 3. The summed E-state index contributed by atoms with van der Waals surface area (Å²) in [6.45, 7) is 2.07. The summed E-state index contributed by atoms with van der Waals surface area (Å²) >= 11 is 0. The SMILES string of the molecule is Cc1ccccc1-c1cn2c(-c3cccc(O)c3)cnc2cn1. The van der Waals surface area contributed by atoms with Crippen LogP contribution in [0.15, 0.2) is 67.1 Å². The molecule has 4 rings (SSSR count). The Labute approximate surface area is 133 Å². The van der Waals surface area contributed by atoms with Crippen LogP contribution in [-0.2, 0) is 0 Å². The number of aromatic hydroxyl groups is 1. The molecule has 0 bridgehead atoms. The van der Waals surface area contributed by atoms with Crippen LogP contribution < -0.4 is 0 Å².